The standard InChI is InChI=1S/C23H17N3O3S/c1-29-20-10-7-18(8-11-20)26-21(16-5-3-2-4-6-16)15-30-23(26)25-24-14-17-13-19(27)9-12-22(17)28/h2-15H,1H3/b24-14+,25-23-. The monoisotopic (exact) mass is 415 g/mol. The van der Waals surface area contributed by atoms with Crippen molar-refractivity contribution in [3.63, 3.8) is 0 Å². The lowest BCUT2D eigenvalue weighted by atomic mass is 10.1. The lowest BCUT2D eigenvalue weighted by Crippen LogP contribution is -2.14. The maximum absolute atomic E-state index is 11.9. The molecule has 0 amide bonds. The number of carbonyl (C=O) groups excluding carboxylic acids is 2. The van der Waals surface area contributed by atoms with Gasteiger partial charge in [0, 0.05) is 16.6 Å². The number of thiazole rings is 1. The lowest BCUT2D eigenvalue weighted by Gasteiger charge is -2.09. The van der Waals surface area contributed by atoms with Gasteiger partial charge in [0.1, 0.15) is 5.75 Å². The van der Waals surface area contributed by atoms with Crippen LogP contribution in [0.1, 0.15) is 0 Å². The SMILES string of the molecule is COc1ccc(-n2c(-c3ccccc3)cs/c2=N\N=C\C2=CC(=O)C=CC2=O)cc1. The van der Waals surface area contributed by atoms with Gasteiger partial charge in [0.2, 0.25) is 4.80 Å². The number of nitrogens with zero attached hydrogens (tertiary/aromatic N) is 3. The van der Waals surface area contributed by atoms with E-state index in [1.807, 2.05) is 64.5 Å². The molecule has 1 aromatic heterocycles. The summed E-state index contributed by atoms with van der Waals surface area (Å²) in [6, 6.07) is 17.6. The van der Waals surface area contributed by atoms with E-state index in [1.54, 1.807) is 7.11 Å². The first-order chi connectivity index (χ1) is 14.7. The van der Waals surface area contributed by atoms with Gasteiger partial charge in [-0.2, -0.15) is 5.10 Å². The zero-order valence-electron chi connectivity index (χ0n) is 16.1. The van der Waals surface area contributed by atoms with E-state index in [0.717, 1.165) is 22.7 Å². The molecule has 3 aromatic rings. The number of ketones is 2. The molecule has 148 valence electrons. The fourth-order valence-corrected chi connectivity index (χ4v) is 3.80. The molecule has 0 aliphatic heterocycles. The topological polar surface area (TPSA) is 73.0 Å². The van der Waals surface area contributed by atoms with Gasteiger partial charge in [-0.1, -0.05) is 30.3 Å². The maximum Gasteiger partial charge on any atom is 0.215 e. The summed E-state index contributed by atoms with van der Waals surface area (Å²) >= 11 is 1.43. The molecular weight excluding hydrogens is 398 g/mol. The number of aromatic nitrogens is 1. The van der Waals surface area contributed by atoms with Crippen molar-refractivity contribution in [3.8, 4) is 22.7 Å². The molecule has 0 bridgehead atoms. The quantitative estimate of drug-likeness (QED) is 0.362. The summed E-state index contributed by atoms with van der Waals surface area (Å²) in [5, 5.41) is 10.4. The van der Waals surface area contributed by atoms with Crippen molar-refractivity contribution >= 4 is 29.1 Å². The number of methoxy groups -OCH3 is 1. The minimum atomic E-state index is -0.271. The van der Waals surface area contributed by atoms with Gasteiger partial charge >= 0.3 is 0 Å². The van der Waals surface area contributed by atoms with E-state index >= 15 is 0 Å². The Labute approximate surface area is 176 Å². The first kappa shape index (κ1) is 19.5. The van der Waals surface area contributed by atoms with Crippen molar-refractivity contribution in [3.05, 3.63) is 88.6 Å². The van der Waals surface area contributed by atoms with Crippen LogP contribution in [0.3, 0.4) is 0 Å². The minimum Gasteiger partial charge on any atom is -0.497 e. The number of carbonyl (C=O) groups is 2. The highest BCUT2D eigenvalue weighted by atomic mass is 32.1. The molecule has 0 spiro atoms. The van der Waals surface area contributed by atoms with Crippen molar-refractivity contribution in [2.24, 2.45) is 10.2 Å². The normalized spacial score (nSPS) is 14.4. The first-order valence-corrected chi connectivity index (χ1v) is 9.99. The predicted octanol–water partition coefficient (Wildman–Crippen LogP) is 3.74. The van der Waals surface area contributed by atoms with Crippen LogP contribution < -0.4 is 9.54 Å². The smallest absolute Gasteiger partial charge is 0.215 e. The molecule has 4 rings (SSSR count). The predicted molar refractivity (Wildman–Crippen MR) is 117 cm³/mol. The summed E-state index contributed by atoms with van der Waals surface area (Å²) in [4.78, 5) is 24.0. The molecule has 0 fully saturated rings. The van der Waals surface area contributed by atoms with Gasteiger partial charge < -0.3 is 4.74 Å². The Morgan fingerprint density at radius 1 is 1.00 bits per heavy atom. The zero-order valence-corrected chi connectivity index (χ0v) is 16.9. The number of ether oxygens (including phenoxy) is 1. The third-order valence-electron chi connectivity index (χ3n) is 4.43. The Kier molecular flexibility index (Phi) is 5.63. The van der Waals surface area contributed by atoms with E-state index in [2.05, 4.69) is 10.2 Å². The van der Waals surface area contributed by atoms with Gasteiger partial charge in [-0.25, -0.2) is 0 Å². The van der Waals surface area contributed by atoms with Crippen molar-refractivity contribution in [2.75, 3.05) is 7.11 Å². The molecule has 1 heterocycles. The van der Waals surface area contributed by atoms with Crippen molar-refractivity contribution in [2.45, 2.75) is 0 Å². The summed E-state index contributed by atoms with van der Waals surface area (Å²) in [5.41, 5.74) is 3.11. The number of benzene rings is 2. The largest absolute Gasteiger partial charge is 0.497 e. The number of hydrogen-bond acceptors (Lipinski definition) is 6. The summed E-state index contributed by atoms with van der Waals surface area (Å²) in [6.07, 6.45) is 5.03. The van der Waals surface area contributed by atoms with Gasteiger partial charge in [0.25, 0.3) is 0 Å². The van der Waals surface area contributed by atoms with E-state index in [0.29, 0.717) is 4.80 Å². The average Bonchev–Trinajstić information content (AvgIpc) is 3.20. The molecule has 0 unspecified atom stereocenters. The second-order valence-electron chi connectivity index (χ2n) is 6.35. The highest BCUT2D eigenvalue weighted by Gasteiger charge is 2.12. The van der Waals surface area contributed by atoms with E-state index in [1.165, 1.54) is 35.8 Å². The van der Waals surface area contributed by atoms with E-state index in [9.17, 15) is 9.59 Å². The minimum absolute atomic E-state index is 0.210. The summed E-state index contributed by atoms with van der Waals surface area (Å²) in [7, 11) is 1.62. The summed E-state index contributed by atoms with van der Waals surface area (Å²) in [6.45, 7) is 0. The summed E-state index contributed by atoms with van der Waals surface area (Å²) < 4.78 is 7.24. The number of hydrogen-bond donors (Lipinski definition) is 0. The van der Waals surface area contributed by atoms with Crippen LogP contribution >= 0.6 is 11.3 Å². The molecule has 7 heteroatoms. The lowest BCUT2D eigenvalue weighted by molar-refractivity contribution is -0.114. The molecule has 0 saturated heterocycles. The Bertz CT molecular complexity index is 1250. The number of rotatable bonds is 5. The molecule has 0 radical (unpaired) electrons. The third kappa shape index (κ3) is 4.11. The van der Waals surface area contributed by atoms with Gasteiger partial charge in [-0.3, -0.25) is 14.2 Å². The van der Waals surface area contributed by atoms with Gasteiger partial charge in [-0.05, 0) is 48.1 Å². The fraction of sp³-hybridized carbons (Fsp3) is 0.0435. The summed E-state index contributed by atoms with van der Waals surface area (Å²) in [5.74, 6) is 0.243. The fourth-order valence-electron chi connectivity index (χ4n) is 2.94. The third-order valence-corrected chi connectivity index (χ3v) is 5.25. The molecule has 2 aromatic carbocycles. The molecule has 30 heavy (non-hydrogen) atoms. The van der Waals surface area contributed by atoms with Gasteiger partial charge in [-0.15, -0.1) is 16.4 Å². The van der Waals surface area contributed by atoms with Crippen LogP contribution in [0.5, 0.6) is 5.75 Å². The highest BCUT2D eigenvalue weighted by molar-refractivity contribution is 7.07. The van der Waals surface area contributed by atoms with Crippen LogP contribution in [0.2, 0.25) is 0 Å². The highest BCUT2D eigenvalue weighted by Crippen LogP contribution is 2.24. The zero-order chi connectivity index (χ0) is 20.9. The second-order valence-corrected chi connectivity index (χ2v) is 7.18. The van der Waals surface area contributed by atoms with Crippen LogP contribution in [0, 0.1) is 0 Å². The van der Waals surface area contributed by atoms with E-state index in [4.69, 9.17) is 4.74 Å². The Hall–Kier alpha value is -3.84. The van der Waals surface area contributed by atoms with Crippen LogP contribution in [0.4, 0.5) is 0 Å². The van der Waals surface area contributed by atoms with Crippen LogP contribution in [-0.2, 0) is 9.59 Å². The van der Waals surface area contributed by atoms with E-state index in [-0.39, 0.29) is 17.1 Å². The van der Waals surface area contributed by atoms with Crippen LogP contribution in [-0.4, -0.2) is 29.5 Å². The molecular formula is C23H17N3O3S. The molecule has 1 aliphatic carbocycles. The molecule has 0 atom stereocenters. The Morgan fingerprint density at radius 2 is 1.77 bits per heavy atom. The van der Waals surface area contributed by atoms with Crippen LogP contribution in [0.25, 0.3) is 16.9 Å². The molecule has 0 N–H and O–H groups in total. The Balaban J connectivity index is 1.79. The van der Waals surface area contributed by atoms with Crippen molar-refractivity contribution in [1.29, 1.82) is 0 Å². The van der Waals surface area contributed by atoms with Crippen molar-refractivity contribution < 1.29 is 14.3 Å². The molecule has 1 aliphatic rings. The van der Waals surface area contributed by atoms with Crippen molar-refractivity contribution in [1.82, 2.24) is 4.57 Å². The van der Waals surface area contributed by atoms with E-state index < -0.39 is 0 Å². The first-order valence-electron chi connectivity index (χ1n) is 9.11. The van der Waals surface area contributed by atoms with Gasteiger partial charge in [0.05, 0.1) is 19.0 Å². The van der Waals surface area contributed by atoms with Crippen LogP contribution in [0.15, 0.2) is 94.0 Å². The Morgan fingerprint density at radius 3 is 2.50 bits per heavy atom. The molecule has 0 saturated carbocycles. The number of allylic oxidation sites excluding steroid dienone is 4. The second kappa shape index (κ2) is 8.67. The average molecular weight is 415 g/mol. The molecule has 6 nitrogen and oxygen atoms in total. The van der Waals surface area contributed by atoms with Gasteiger partial charge in [0.15, 0.2) is 11.6 Å². The maximum atomic E-state index is 11.9.